The van der Waals surface area contributed by atoms with Crippen molar-refractivity contribution in [1.29, 1.82) is 0 Å². The number of aryl methyl sites for hydroxylation is 2. The first-order chi connectivity index (χ1) is 10.5. The van der Waals surface area contributed by atoms with Gasteiger partial charge in [0.2, 0.25) is 5.91 Å². The van der Waals surface area contributed by atoms with Crippen LogP contribution in [0.5, 0.6) is 0 Å². The van der Waals surface area contributed by atoms with E-state index in [4.69, 9.17) is 0 Å². The van der Waals surface area contributed by atoms with Gasteiger partial charge in [-0.05, 0) is 19.4 Å². The highest BCUT2D eigenvalue weighted by Crippen LogP contribution is 2.28. The average molecular weight is 319 g/mol. The van der Waals surface area contributed by atoms with Gasteiger partial charge >= 0.3 is 0 Å². The summed E-state index contributed by atoms with van der Waals surface area (Å²) in [4.78, 5) is 17.1. The molecule has 0 spiro atoms. The number of carbonyl (C=O) groups is 1. The molecule has 1 unspecified atom stereocenters. The maximum atomic E-state index is 12.6. The zero-order chi connectivity index (χ0) is 15.7. The molecular formula is C15H21N5OS. The van der Waals surface area contributed by atoms with Gasteiger partial charge in [0.25, 0.3) is 0 Å². The van der Waals surface area contributed by atoms with Gasteiger partial charge in [0.05, 0.1) is 18.2 Å². The molecule has 0 radical (unpaired) electrons. The second-order valence-electron chi connectivity index (χ2n) is 5.88. The molecule has 3 heterocycles. The number of hydrogen-bond donors (Lipinski definition) is 2. The molecule has 1 amide bonds. The minimum Gasteiger partial charge on any atom is -0.347 e. The second-order valence-corrected chi connectivity index (χ2v) is 6.77. The lowest BCUT2D eigenvalue weighted by Gasteiger charge is -2.19. The Morgan fingerprint density at radius 2 is 2.36 bits per heavy atom. The van der Waals surface area contributed by atoms with Gasteiger partial charge in [-0.1, -0.05) is 0 Å². The molecule has 2 aromatic rings. The number of nitrogens with zero attached hydrogens (tertiary/aromatic N) is 3. The van der Waals surface area contributed by atoms with Crippen LogP contribution in [0, 0.1) is 12.8 Å². The minimum atomic E-state index is -0.0623. The smallest absolute Gasteiger partial charge is 0.225 e. The summed E-state index contributed by atoms with van der Waals surface area (Å²) in [7, 11) is 1.90. The Balaban J connectivity index is 1.68. The Morgan fingerprint density at radius 3 is 3.00 bits per heavy atom. The lowest BCUT2D eigenvalue weighted by atomic mass is 9.90. The number of hydrogen-bond acceptors (Lipinski definition) is 5. The number of carbonyl (C=O) groups excluding carboxylic acids is 1. The molecular weight excluding hydrogens is 298 g/mol. The Hall–Kier alpha value is -1.73. The van der Waals surface area contributed by atoms with Crippen LogP contribution < -0.4 is 10.6 Å². The maximum Gasteiger partial charge on any atom is 0.225 e. The fourth-order valence-corrected chi connectivity index (χ4v) is 3.69. The largest absolute Gasteiger partial charge is 0.347 e. The van der Waals surface area contributed by atoms with Crippen LogP contribution in [0.25, 0.3) is 0 Å². The molecule has 0 bridgehead atoms. The van der Waals surface area contributed by atoms with Gasteiger partial charge in [-0.2, -0.15) is 5.10 Å². The van der Waals surface area contributed by atoms with Crippen LogP contribution in [-0.2, 0) is 11.8 Å². The number of nitrogens with one attached hydrogen (secondary N) is 2. The molecule has 22 heavy (non-hydrogen) atoms. The highest BCUT2D eigenvalue weighted by Gasteiger charge is 2.35. The summed E-state index contributed by atoms with van der Waals surface area (Å²) in [5, 5.41) is 13.6. The lowest BCUT2D eigenvalue weighted by molar-refractivity contribution is -0.125. The Kier molecular flexibility index (Phi) is 4.26. The van der Waals surface area contributed by atoms with Gasteiger partial charge in [-0.3, -0.25) is 9.48 Å². The van der Waals surface area contributed by atoms with Gasteiger partial charge in [0.15, 0.2) is 0 Å². The van der Waals surface area contributed by atoms with Crippen LogP contribution in [0.3, 0.4) is 0 Å². The predicted molar refractivity (Wildman–Crippen MR) is 85.7 cm³/mol. The summed E-state index contributed by atoms with van der Waals surface area (Å²) in [6.07, 6.45) is 3.84. The first-order valence-electron chi connectivity index (χ1n) is 7.46. The topological polar surface area (TPSA) is 71.8 Å². The molecule has 2 aromatic heterocycles. The zero-order valence-corrected chi connectivity index (χ0v) is 13.9. The summed E-state index contributed by atoms with van der Waals surface area (Å²) >= 11 is 1.59. The van der Waals surface area contributed by atoms with E-state index in [0.717, 1.165) is 22.8 Å². The van der Waals surface area contributed by atoms with Crippen molar-refractivity contribution in [2.75, 3.05) is 13.1 Å². The maximum absolute atomic E-state index is 12.6. The van der Waals surface area contributed by atoms with Gasteiger partial charge in [0.1, 0.15) is 5.01 Å². The molecule has 2 N–H and O–H groups in total. The fourth-order valence-electron chi connectivity index (χ4n) is 2.89. The molecule has 0 saturated carbocycles. The van der Waals surface area contributed by atoms with Crippen molar-refractivity contribution in [2.45, 2.75) is 25.8 Å². The van der Waals surface area contributed by atoms with E-state index in [1.807, 2.05) is 38.7 Å². The summed E-state index contributed by atoms with van der Waals surface area (Å²) in [5.41, 5.74) is 2.11. The SMILES string of the molecule is Cc1csc(C(C)NC(=O)[C@H]2CNC[C@@H]2c2cnn(C)c2)n1. The molecule has 0 aliphatic carbocycles. The number of rotatable bonds is 4. The monoisotopic (exact) mass is 319 g/mol. The van der Waals surface area contributed by atoms with Crippen LogP contribution in [-0.4, -0.2) is 33.8 Å². The lowest BCUT2D eigenvalue weighted by Crippen LogP contribution is -2.35. The summed E-state index contributed by atoms with van der Waals surface area (Å²) < 4.78 is 1.78. The molecule has 0 aromatic carbocycles. The molecule has 1 aliphatic heterocycles. The van der Waals surface area contributed by atoms with Crippen molar-refractivity contribution < 1.29 is 4.79 Å². The third kappa shape index (κ3) is 3.05. The predicted octanol–water partition coefficient (Wildman–Crippen LogP) is 1.37. The van der Waals surface area contributed by atoms with Crippen LogP contribution >= 0.6 is 11.3 Å². The van der Waals surface area contributed by atoms with Crippen molar-refractivity contribution in [1.82, 2.24) is 25.4 Å². The van der Waals surface area contributed by atoms with Crippen LogP contribution in [0.15, 0.2) is 17.8 Å². The molecule has 6 nitrogen and oxygen atoms in total. The summed E-state index contributed by atoms with van der Waals surface area (Å²) in [5.74, 6) is 0.200. The van der Waals surface area contributed by atoms with E-state index in [0.29, 0.717) is 6.54 Å². The molecule has 7 heteroatoms. The third-order valence-corrected chi connectivity index (χ3v) is 5.22. The van der Waals surface area contributed by atoms with Crippen molar-refractivity contribution in [3.8, 4) is 0 Å². The number of amides is 1. The highest BCUT2D eigenvalue weighted by atomic mass is 32.1. The Bertz CT molecular complexity index is 664. The van der Waals surface area contributed by atoms with E-state index < -0.39 is 0 Å². The van der Waals surface area contributed by atoms with Gasteiger partial charge < -0.3 is 10.6 Å². The van der Waals surface area contributed by atoms with E-state index in [1.54, 1.807) is 16.0 Å². The summed E-state index contributed by atoms with van der Waals surface area (Å²) in [6, 6.07) is -0.0543. The van der Waals surface area contributed by atoms with E-state index in [-0.39, 0.29) is 23.8 Å². The molecule has 1 aliphatic rings. The van der Waals surface area contributed by atoms with Gasteiger partial charge in [0, 0.05) is 43.3 Å². The number of aromatic nitrogens is 3. The third-order valence-electron chi connectivity index (χ3n) is 4.07. The fraction of sp³-hybridized carbons (Fsp3) is 0.533. The van der Waals surface area contributed by atoms with Gasteiger partial charge in [-0.15, -0.1) is 11.3 Å². The van der Waals surface area contributed by atoms with E-state index in [2.05, 4.69) is 20.7 Å². The van der Waals surface area contributed by atoms with E-state index >= 15 is 0 Å². The second kappa shape index (κ2) is 6.18. The van der Waals surface area contributed by atoms with Crippen molar-refractivity contribution in [3.05, 3.63) is 34.0 Å². The molecule has 118 valence electrons. The molecule has 1 fully saturated rings. The van der Waals surface area contributed by atoms with Gasteiger partial charge in [-0.25, -0.2) is 4.98 Å². The Morgan fingerprint density at radius 1 is 1.55 bits per heavy atom. The first-order valence-corrected chi connectivity index (χ1v) is 8.34. The standard InChI is InChI=1S/C15H21N5OS/c1-9-8-22-15(18-9)10(2)19-14(21)13-6-16-5-12(13)11-4-17-20(3)7-11/h4,7-8,10,12-13,16H,5-6H2,1-3H3,(H,19,21)/t10?,12-,13+/m1/s1. The number of thiazole rings is 1. The van der Waals surface area contributed by atoms with Crippen LogP contribution in [0.1, 0.15) is 35.1 Å². The molecule has 1 saturated heterocycles. The molecule has 3 atom stereocenters. The zero-order valence-electron chi connectivity index (χ0n) is 13.0. The van der Waals surface area contributed by atoms with Crippen LogP contribution in [0.2, 0.25) is 0 Å². The van der Waals surface area contributed by atoms with E-state index in [1.165, 1.54) is 0 Å². The summed E-state index contributed by atoms with van der Waals surface area (Å²) in [6.45, 7) is 5.47. The molecule has 3 rings (SSSR count). The minimum absolute atomic E-state index is 0.0543. The Labute approximate surface area is 133 Å². The van der Waals surface area contributed by atoms with Crippen molar-refractivity contribution in [3.63, 3.8) is 0 Å². The first kappa shape index (κ1) is 15.2. The van der Waals surface area contributed by atoms with Crippen molar-refractivity contribution >= 4 is 17.2 Å². The van der Waals surface area contributed by atoms with E-state index in [9.17, 15) is 4.79 Å². The average Bonchev–Trinajstić information content (AvgIpc) is 3.17. The van der Waals surface area contributed by atoms with Crippen LogP contribution in [0.4, 0.5) is 0 Å². The van der Waals surface area contributed by atoms with Crippen molar-refractivity contribution in [2.24, 2.45) is 13.0 Å². The normalized spacial score (nSPS) is 22.7. The highest BCUT2D eigenvalue weighted by molar-refractivity contribution is 7.09. The quantitative estimate of drug-likeness (QED) is 0.893.